The molecule has 1 aromatic carbocycles. The lowest BCUT2D eigenvalue weighted by Crippen LogP contribution is -2.30. The summed E-state index contributed by atoms with van der Waals surface area (Å²) in [6.07, 6.45) is 0. The zero-order valence-corrected chi connectivity index (χ0v) is 15.4. The number of benzene rings is 1. The van der Waals surface area contributed by atoms with Gasteiger partial charge in [0.15, 0.2) is 23.2 Å². The van der Waals surface area contributed by atoms with Crippen LogP contribution in [0, 0.1) is 0 Å². The van der Waals surface area contributed by atoms with Gasteiger partial charge in [-0.2, -0.15) is 0 Å². The highest BCUT2D eigenvalue weighted by Gasteiger charge is 2.09. The second kappa shape index (κ2) is 8.96. The SMILES string of the molecule is CCOc1ccc(NC(=NC)NCc2cc(C(C)C)no2)cc1OC. The number of anilines is 1. The first kappa shape index (κ1) is 18.6. The third-order valence-electron chi connectivity index (χ3n) is 3.55. The Morgan fingerprint density at radius 1 is 1.28 bits per heavy atom. The van der Waals surface area contributed by atoms with Crippen molar-refractivity contribution in [1.82, 2.24) is 10.5 Å². The molecule has 1 heterocycles. The summed E-state index contributed by atoms with van der Waals surface area (Å²) in [4.78, 5) is 4.21. The summed E-state index contributed by atoms with van der Waals surface area (Å²) < 4.78 is 16.2. The first-order chi connectivity index (χ1) is 12.1. The molecule has 0 bridgehead atoms. The molecule has 2 aromatic rings. The Morgan fingerprint density at radius 3 is 2.68 bits per heavy atom. The summed E-state index contributed by atoms with van der Waals surface area (Å²) in [6, 6.07) is 7.59. The molecule has 7 heteroatoms. The van der Waals surface area contributed by atoms with Crippen LogP contribution < -0.4 is 20.1 Å². The van der Waals surface area contributed by atoms with Gasteiger partial charge in [-0.15, -0.1) is 0 Å². The maximum Gasteiger partial charge on any atom is 0.195 e. The van der Waals surface area contributed by atoms with E-state index < -0.39 is 0 Å². The largest absolute Gasteiger partial charge is 0.493 e. The van der Waals surface area contributed by atoms with Gasteiger partial charge in [0.2, 0.25) is 0 Å². The molecule has 7 nitrogen and oxygen atoms in total. The van der Waals surface area contributed by atoms with E-state index in [4.69, 9.17) is 14.0 Å². The van der Waals surface area contributed by atoms with Gasteiger partial charge in [0.1, 0.15) is 0 Å². The van der Waals surface area contributed by atoms with Crippen LogP contribution in [0.1, 0.15) is 38.1 Å². The van der Waals surface area contributed by atoms with Crippen molar-refractivity contribution in [1.29, 1.82) is 0 Å². The van der Waals surface area contributed by atoms with Crippen molar-refractivity contribution in [3.63, 3.8) is 0 Å². The first-order valence-corrected chi connectivity index (χ1v) is 8.31. The van der Waals surface area contributed by atoms with Gasteiger partial charge in [0.25, 0.3) is 0 Å². The highest BCUT2D eigenvalue weighted by Crippen LogP contribution is 2.30. The molecule has 0 spiro atoms. The first-order valence-electron chi connectivity index (χ1n) is 8.31. The van der Waals surface area contributed by atoms with Crippen LogP contribution in [-0.2, 0) is 6.54 Å². The van der Waals surface area contributed by atoms with Crippen LogP contribution in [0.25, 0.3) is 0 Å². The standard InChI is InChI=1S/C18H26N4O3/c1-6-24-16-8-7-13(9-17(16)23-5)21-18(19-4)20-11-14-10-15(12(2)3)22-25-14/h7-10,12H,6,11H2,1-5H3,(H2,19,20,21). The summed E-state index contributed by atoms with van der Waals surface area (Å²) >= 11 is 0. The second-order valence-electron chi connectivity index (χ2n) is 5.72. The number of rotatable bonds is 7. The topological polar surface area (TPSA) is 80.9 Å². The van der Waals surface area contributed by atoms with Gasteiger partial charge >= 0.3 is 0 Å². The van der Waals surface area contributed by atoms with Gasteiger partial charge in [-0.1, -0.05) is 19.0 Å². The summed E-state index contributed by atoms with van der Waals surface area (Å²) in [5.41, 5.74) is 1.78. The summed E-state index contributed by atoms with van der Waals surface area (Å²) in [6.45, 7) is 7.17. The van der Waals surface area contributed by atoms with E-state index in [1.807, 2.05) is 31.2 Å². The van der Waals surface area contributed by atoms with E-state index in [1.54, 1.807) is 14.2 Å². The number of methoxy groups -OCH3 is 1. The van der Waals surface area contributed by atoms with Crippen LogP contribution in [0.15, 0.2) is 33.8 Å². The van der Waals surface area contributed by atoms with Crippen LogP contribution in [-0.4, -0.2) is 31.9 Å². The number of hydrogen-bond acceptors (Lipinski definition) is 5. The highest BCUT2D eigenvalue weighted by molar-refractivity contribution is 5.93. The van der Waals surface area contributed by atoms with Crippen LogP contribution in [0.5, 0.6) is 11.5 Å². The number of nitrogens with zero attached hydrogens (tertiary/aromatic N) is 2. The predicted octanol–water partition coefficient (Wildman–Crippen LogP) is 3.39. The number of ether oxygens (including phenoxy) is 2. The van der Waals surface area contributed by atoms with E-state index in [1.165, 1.54) is 0 Å². The zero-order chi connectivity index (χ0) is 18.2. The van der Waals surface area contributed by atoms with Crippen molar-refractivity contribution in [3.05, 3.63) is 35.7 Å². The molecule has 0 aliphatic carbocycles. The second-order valence-corrected chi connectivity index (χ2v) is 5.72. The van der Waals surface area contributed by atoms with Crippen molar-refractivity contribution in [3.8, 4) is 11.5 Å². The molecule has 0 fully saturated rings. The van der Waals surface area contributed by atoms with Gasteiger partial charge in [0.05, 0.1) is 26.0 Å². The monoisotopic (exact) mass is 346 g/mol. The molecule has 2 rings (SSSR count). The molecule has 0 aliphatic heterocycles. The van der Waals surface area contributed by atoms with Crippen molar-refractivity contribution in [2.45, 2.75) is 33.2 Å². The van der Waals surface area contributed by atoms with E-state index in [0.717, 1.165) is 17.1 Å². The Hall–Kier alpha value is -2.70. The molecule has 0 radical (unpaired) electrons. The number of aromatic nitrogens is 1. The van der Waals surface area contributed by atoms with Crippen LogP contribution >= 0.6 is 0 Å². The van der Waals surface area contributed by atoms with Crippen molar-refractivity contribution in [2.75, 3.05) is 26.1 Å². The van der Waals surface area contributed by atoms with Gasteiger partial charge in [-0.05, 0) is 25.0 Å². The van der Waals surface area contributed by atoms with Crippen molar-refractivity contribution >= 4 is 11.6 Å². The van der Waals surface area contributed by atoms with Crippen molar-refractivity contribution < 1.29 is 14.0 Å². The fourth-order valence-electron chi connectivity index (χ4n) is 2.19. The minimum absolute atomic E-state index is 0.339. The molecule has 25 heavy (non-hydrogen) atoms. The third-order valence-corrected chi connectivity index (χ3v) is 3.55. The van der Waals surface area contributed by atoms with E-state index in [-0.39, 0.29) is 0 Å². The summed E-state index contributed by atoms with van der Waals surface area (Å²) in [5.74, 6) is 3.09. The van der Waals surface area contributed by atoms with Crippen LogP contribution in [0.2, 0.25) is 0 Å². The predicted molar refractivity (Wildman–Crippen MR) is 98.6 cm³/mol. The average molecular weight is 346 g/mol. The van der Waals surface area contributed by atoms with Gasteiger partial charge in [-0.3, -0.25) is 4.99 Å². The summed E-state index contributed by atoms with van der Waals surface area (Å²) in [5, 5.41) is 10.5. The maximum atomic E-state index is 5.52. The summed E-state index contributed by atoms with van der Waals surface area (Å²) in [7, 11) is 3.33. The zero-order valence-electron chi connectivity index (χ0n) is 15.4. The lowest BCUT2D eigenvalue weighted by atomic mass is 10.1. The average Bonchev–Trinajstić information content (AvgIpc) is 3.09. The third kappa shape index (κ3) is 5.14. The Kier molecular flexibility index (Phi) is 6.68. The fourth-order valence-corrected chi connectivity index (χ4v) is 2.19. The van der Waals surface area contributed by atoms with E-state index in [9.17, 15) is 0 Å². The fraction of sp³-hybridized carbons (Fsp3) is 0.444. The van der Waals surface area contributed by atoms with Crippen molar-refractivity contribution in [2.24, 2.45) is 4.99 Å². The number of nitrogens with one attached hydrogen (secondary N) is 2. The Morgan fingerprint density at radius 2 is 2.08 bits per heavy atom. The van der Waals surface area contributed by atoms with Gasteiger partial charge < -0.3 is 24.6 Å². The van der Waals surface area contributed by atoms with E-state index >= 15 is 0 Å². The van der Waals surface area contributed by atoms with Crippen LogP contribution in [0.4, 0.5) is 5.69 Å². The molecular weight excluding hydrogens is 320 g/mol. The molecule has 0 atom stereocenters. The Balaban J connectivity index is 1.99. The van der Waals surface area contributed by atoms with Crippen LogP contribution in [0.3, 0.4) is 0 Å². The van der Waals surface area contributed by atoms with Gasteiger partial charge in [-0.25, -0.2) is 0 Å². The smallest absolute Gasteiger partial charge is 0.195 e. The van der Waals surface area contributed by atoms with E-state index in [0.29, 0.717) is 36.5 Å². The number of aliphatic imine (C=N–C) groups is 1. The quantitative estimate of drug-likeness (QED) is 0.591. The minimum atomic E-state index is 0.339. The number of guanidine groups is 1. The molecule has 2 N–H and O–H groups in total. The normalized spacial score (nSPS) is 11.5. The molecule has 0 aliphatic rings. The number of hydrogen-bond donors (Lipinski definition) is 2. The lowest BCUT2D eigenvalue weighted by Gasteiger charge is -2.14. The van der Waals surface area contributed by atoms with E-state index in [2.05, 4.69) is 34.6 Å². The minimum Gasteiger partial charge on any atom is -0.493 e. The molecule has 0 saturated carbocycles. The highest BCUT2D eigenvalue weighted by atomic mass is 16.5. The molecule has 136 valence electrons. The lowest BCUT2D eigenvalue weighted by molar-refractivity contribution is 0.311. The Labute approximate surface area is 148 Å². The maximum absolute atomic E-state index is 5.52. The molecule has 0 amide bonds. The Bertz CT molecular complexity index is 710. The van der Waals surface area contributed by atoms with Gasteiger partial charge in [0, 0.05) is 24.9 Å². The molecule has 0 unspecified atom stereocenters. The molecule has 1 aromatic heterocycles. The molecular formula is C18H26N4O3. The molecule has 0 saturated heterocycles.